The van der Waals surface area contributed by atoms with Gasteiger partial charge in [0.15, 0.2) is 0 Å². The first kappa shape index (κ1) is 15.8. The number of aliphatic hydroxyl groups is 1. The summed E-state index contributed by atoms with van der Waals surface area (Å²) in [4.78, 5) is 12.2. The molecule has 0 saturated carbocycles. The molecule has 1 aliphatic heterocycles. The van der Waals surface area contributed by atoms with Crippen LogP contribution in [0, 0.1) is 17.8 Å². The van der Waals surface area contributed by atoms with Crippen LogP contribution < -0.4 is 5.32 Å². The van der Waals surface area contributed by atoms with E-state index in [-0.39, 0.29) is 18.4 Å². The Labute approximate surface area is 129 Å². The van der Waals surface area contributed by atoms with Gasteiger partial charge in [0.2, 0.25) is 5.91 Å². The lowest BCUT2D eigenvalue weighted by Crippen LogP contribution is -2.30. The average molecular weight is 308 g/mol. The van der Waals surface area contributed by atoms with Crippen LogP contribution in [0.15, 0.2) is 18.2 Å². The number of nitrogens with one attached hydrogen (secondary N) is 1. The molecule has 1 fully saturated rings. The number of amides is 1. The quantitative estimate of drug-likeness (QED) is 0.843. The molecule has 0 aliphatic carbocycles. The number of hydrogen-bond donors (Lipinski definition) is 2. The standard InChI is InChI=1S/C16H18ClNO3/c17-14-7-6-12(4-1-2-8-19)10-15(14)18-16(20)13-5-3-9-21-11-13/h6-7,10,13,19H,2-3,5,8-9,11H2,(H,18,20). The Kier molecular flexibility index (Phi) is 6.06. The minimum Gasteiger partial charge on any atom is -0.395 e. The van der Waals surface area contributed by atoms with Gasteiger partial charge in [-0.15, -0.1) is 0 Å². The highest BCUT2D eigenvalue weighted by molar-refractivity contribution is 6.33. The summed E-state index contributed by atoms with van der Waals surface area (Å²) in [5.41, 5.74) is 1.31. The Hall–Kier alpha value is -1.54. The smallest absolute Gasteiger partial charge is 0.229 e. The second-order valence-corrected chi connectivity index (χ2v) is 5.28. The summed E-state index contributed by atoms with van der Waals surface area (Å²) in [7, 11) is 0. The Morgan fingerprint density at radius 2 is 2.38 bits per heavy atom. The van der Waals surface area contributed by atoms with Crippen molar-refractivity contribution in [3.63, 3.8) is 0 Å². The number of aliphatic hydroxyl groups excluding tert-OH is 1. The van der Waals surface area contributed by atoms with E-state index in [9.17, 15) is 4.79 Å². The third kappa shape index (κ3) is 4.75. The Balaban J connectivity index is 2.06. The van der Waals surface area contributed by atoms with Gasteiger partial charge in [-0.05, 0) is 31.0 Å². The lowest BCUT2D eigenvalue weighted by molar-refractivity contribution is -0.123. The molecule has 0 radical (unpaired) electrons. The lowest BCUT2D eigenvalue weighted by Gasteiger charge is -2.21. The van der Waals surface area contributed by atoms with Gasteiger partial charge in [-0.25, -0.2) is 0 Å². The normalized spacial score (nSPS) is 17.7. The van der Waals surface area contributed by atoms with Gasteiger partial charge in [-0.3, -0.25) is 4.79 Å². The fraction of sp³-hybridized carbons (Fsp3) is 0.438. The zero-order chi connectivity index (χ0) is 15.1. The maximum atomic E-state index is 12.2. The summed E-state index contributed by atoms with van der Waals surface area (Å²) in [6.45, 7) is 1.21. The van der Waals surface area contributed by atoms with E-state index in [0.717, 1.165) is 25.0 Å². The van der Waals surface area contributed by atoms with Crippen LogP contribution in [0.5, 0.6) is 0 Å². The first-order valence-corrected chi connectivity index (χ1v) is 7.36. The zero-order valence-electron chi connectivity index (χ0n) is 11.7. The predicted octanol–water partition coefficient (Wildman–Crippen LogP) is 2.44. The molecule has 1 aliphatic rings. The molecule has 0 spiro atoms. The molecular formula is C16H18ClNO3. The Morgan fingerprint density at radius 3 is 3.10 bits per heavy atom. The molecule has 5 heteroatoms. The minimum absolute atomic E-state index is 0.0336. The first-order chi connectivity index (χ1) is 10.2. The number of rotatable bonds is 3. The number of carbonyl (C=O) groups excluding carboxylic acids is 1. The van der Waals surface area contributed by atoms with E-state index in [0.29, 0.717) is 23.7 Å². The van der Waals surface area contributed by atoms with Crippen LogP contribution in [-0.2, 0) is 9.53 Å². The lowest BCUT2D eigenvalue weighted by atomic mass is 10.0. The largest absolute Gasteiger partial charge is 0.395 e. The number of benzene rings is 1. The van der Waals surface area contributed by atoms with Crippen molar-refractivity contribution in [2.45, 2.75) is 19.3 Å². The van der Waals surface area contributed by atoms with Crippen LogP contribution in [-0.4, -0.2) is 30.8 Å². The van der Waals surface area contributed by atoms with Gasteiger partial charge in [0, 0.05) is 18.6 Å². The molecule has 2 rings (SSSR count). The number of ether oxygens (including phenoxy) is 1. The zero-order valence-corrected chi connectivity index (χ0v) is 12.4. The summed E-state index contributed by atoms with van der Waals surface area (Å²) in [5, 5.41) is 12.0. The van der Waals surface area contributed by atoms with Crippen LogP contribution in [0.1, 0.15) is 24.8 Å². The molecule has 21 heavy (non-hydrogen) atoms. The van der Waals surface area contributed by atoms with Gasteiger partial charge >= 0.3 is 0 Å². The molecule has 1 saturated heterocycles. The fourth-order valence-electron chi connectivity index (χ4n) is 2.10. The van der Waals surface area contributed by atoms with Crippen molar-refractivity contribution in [2.75, 3.05) is 25.1 Å². The summed E-state index contributed by atoms with van der Waals surface area (Å²) in [6.07, 6.45) is 2.15. The van der Waals surface area contributed by atoms with E-state index in [1.165, 1.54) is 0 Å². The second kappa shape index (κ2) is 8.04. The molecule has 0 aromatic heterocycles. The Morgan fingerprint density at radius 1 is 1.52 bits per heavy atom. The monoisotopic (exact) mass is 307 g/mol. The molecule has 2 N–H and O–H groups in total. The van der Waals surface area contributed by atoms with E-state index in [1.807, 2.05) is 0 Å². The number of carbonyl (C=O) groups is 1. The third-order valence-corrected chi connectivity index (χ3v) is 3.55. The van der Waals surface area contributed by atoms with E-state index < -0.39 is 0 Å². The molecule has 1 amide bonds. The van der Waals surface area contributed by atoms with Crippen molar-refractivity contribution in [1.29, 1.82) is 0 Å². The summed E-state index contributed by atoms with van der Waals surface area (Å²) in [6, 6.07) is 5.23. The van der Waals surface area contributed by atoms with Crippen LogP contribution in [0.2, 0.25) is 5.02 Å². The van der Waals surface area contributed by atoms with Crippen LogP contribution >= 0.6 is 11.6 Å². The van der Waals surface area contributed by atoms with Crippen LogP contribution in [0.4, 0.5) is 5.69 Å². The highest BCUT2D eigenvalue weighted by Gasteiger charge is 2.22. The maximum Gasteiger partial charge on any atom is 0.229 e. The number of halogens is 1. The average Bonchev–Trinajstić information content (AvgIpc) is 2.51. The summed E-state index contributed by atoms with van der Waals surface area (Å²) in [5.74, 6) is 5.56. The maximum absolute atomic E-state index is 12.2. The van der Waals surface area contributed by atoms with Gasteiger partial charge in [0.05, 0.1) is 29.8 Å². The number of anilines is 1. The summed E-state index contributed by atoms with van der Waals surface area (Å²) >= 11 is 6.11. The molecule has 1 atom stereocenters. The third-order valence-electron chi connectivity index (χ3n) is 3.22. The molecule has 1 aromatic carbocycles. The molecule has 1 unspecified atom stereocenters. The van der Waals surface area contributed by atoms with Crippen LogP contribution in [0.3, 0.4) is 0 Å². The molecule has 4 nitrogen and oxygen atoms in total. The van der Waals surface area contributed by atoms with Crippen molar-refractivity contribution in [3.05, 3.63) is 28.8 Å². The van der Waals surface area contributed by atoms with E-state index in [4.69, 9.17) is 21.4 Å². The van der Waals surface area contributed by atoms with Gasteiger partial charge in [0.1, 0.15) is 0 Å². The van der Waals surface area contributed by atoms with E-state index in [2.05, 4.69) is 17.2 Å². The van der Waals surface area contributed by atoms with Gasteiger partial charge < -0.3 is 15.2 Å². The van der Waals surface area contributed by atoms with Gasteiger partial charge in [0.25, 0.3) is 0 Å². The fourth-order valence-corrected chi connectivity index (χ4v) is 2.27. The SMILES string of the molecule is O=C(Nc1cc(C#CCCO)ccc1Cl)C1CCCOC1. The minimum atomic E-state index is -0.126. The van der Waals surface area contributed by atoms with E-state index in [1.54, 1.807) is 18.2 Å². The first-order valence-electron chi connectivity index (χ1n) is 6.98. The highest BCUT2D eigenvalue weighted by Crippen LogP contribution is 2.24. The molecule has 0 bridgehead atoms. The predicted molar refractivity (Wildman–Crippen MR) is 82.2 cm³/mol. The molecule has 112 valence electrons. The van der Waals surface area contributed by atoms with Crippen molar-refractivity contribution in [2.24, 2.45) is 5.92 Å². The Bertz CT molecular complexity index is 556. The highest BCUT2D eigenvalue weighted by atomic mass is 35.5. The molecule has 1 heterocycles. The van der Waals surface area contributed by atoms with Gasteiger partial charge in [-0.2, -0.15) is 0 Å². The molecular weight excluding hydrogens is 290 g/mol. The van der Waals surface area contributed by atoms with Crippen molar-refractivity contribution in [3.8, 4) is 11.8 Å². The van der Waals surface area contributed by atoms with E-state index >= 15 is 0 Å². The van der Waals surface area contributed by atoms with Crippen molar-refractivity contribution >= 4 is 23.2 Å². The molecule has 1 aromatic rings. The summed E-state index contributed by atoms with van der Waals surface area (Å²) < 4.78 is 5.32. The van der Waals surface area contributed by atoms with Crippen molar-refractivity contribution in [1.82, 2.24) is 0 Å². The topological polar surface area (TPSA) is 58.6 Å². The van der Waals surface area contributed by atoms with Gasteiger partial charge in [-0.1, -0.05) is 23.4 Å². The number of hydrogen-bond acceptors (Lipinski definition) is 3. The van der Waals surface area contributed by atoms with Crippen molar-refractivity contribution < 1.29 is 14.6 Å². The second-order valence-electron chi connectivity index (χ2n) is 4.87. The van der Waals surface area contributed by atoms with Crippen LogP contribution in [0.25, 0.3) is 0 Å².